The number of aromatic nitrogens is 4. The molecule has 26 heavy (non-hydrogen) atoms. The van der Waals surface area contributed by atoms with Crippen LogP contribution in [0.5, 0.6) is 0 Å². The summed E-state index contributed by atoms with van der Waals surface area (Å²) >= 11 is 0. The van der Waals surface area contributed by atoms with E-state index in [1.165, 1.54) is 12.4 Å². The van der Waals surface area contributed by atoms with Crippen molar-refractivity contribution in [1.29, 1.82) is 0 Å². The quantitative estimate of drug-likeness (QED) is 0.761. The van der Waals surface area contributed by atoms with Crippen LogP contribution in [0.25, 0.3) is 11.1 Å². The third-order valence-corrected chi connectivity index (χ3v) is 5.25. The Hall–Kier alpha value is -2.74. The Morgan fingerprint density at radius 3 is 2.42 bits per heavy atom. The zero-order valence-electron chi connectivity index (χ0n) is 15.1. The minimum atomic E-state index is -3.78. The number of anilines is 1. The van der Waals surface area contributed by atoms with E-state index in [4.69, 9.17) is 0 Å². The minimum Gasteiger partial charge on any atom is -0.277 e. The second-order valence-electron chi connectivity index (χ2n) is 7.06. The molecule has 0 aliphatic carbocycles. The molecule has 3 rings (SSSR count). The Morgan fingerprint density at radius 2 is 1.85 bits per heavy atom. The lowest BCUT2D eigenvalue weighted by atomic mass is 9.92. The molecular formula is C18H21N5O2S. The van der Waals surface area contributed by atoms with Crippen molar-refractivity contribution >= 4 is 15.7 Å². The molecule has 0 aliphatic heterocycles. The fraction of sp³-hybridized carbons (Fsp3) is 0.278. The maximum absolute atomic E-state index is 12.8. The largest absolute Gasteiger partial charge is 0.277 e. The summed E-state index contributed by atoms with van der Waals surface area (Å²) in [5, 5.41) is 4.13. The van der Waals surface area contributed by atoms with E-state index in [9.17, 15) is 8.42 Å². The Labute approximate surface area is 153 Å². The number of pyridine rings is 2. The monoisotopic (exact) mass is 371 g/mol. The maximum Gasteiger partial charge on any atom is 0.263 e. The molecule has 0 amide bonds. The van der Waals surface area contributed by atoms with Crippen LogP contribution in [-0.4, -0.2) is 28.2 Å². The van der Waals surface area contributed by atoms with Crippen LogP contribution in [0.3, 0.4) is 0 Å². The van der Waals surface area contributed by atoms with Gasteiger partial charge in [-0.3, -0.25) is 19.4 Å². The van der Waals surface area contributed by atoms with Crippen LogP contribution in [-0.2, 0) is 22.5 Å². The number of hydrogen-bond acceptors (Lipinski definition) is 5. The van der Waals surface area contributed by atoms with Crippen LogP contribution in [0, 0.1) is 0 Å². The van der Waals surface area contributed by atoms with Gasteiger partial charge in [0, 0.05) is 47.9 Å². The van der Waals surface area contributed by atoms with E-state index in [-0.39, 0.29) is 10.3 Å². The van der Waals surface area contributed by atoms with Crippen molar-refractivity contribution in [2.45, 2.75) is 31.1 Å². The molecule has 3 heterocycles. The predicted octanol–water partition coefficient (Wildman–Crippen LogP) is 2.98. The van der Waals surface area contributed by atoms with Gasteiger partial charge in [-0.25, -0.2) is 8.42 Å². The summed E-state index contributed by atoms with van der Waals surface area (Å²) < 4.78 is 29.8. The summed E-state index contributed by atoms with van der Waals surface area (Å²) in [5.41, 5.74) is 2.58. The van der Waals surface area contributed by atoms with E-state index in [1.807, 2.05) is 27.0 Å². The van der Waals surface area contributed by atoms with Crippen LogP contribution < -0.4 is 4.72 Å². The van der Waals surface area contributed by atoms with E-state index in [2.05, 4.69) is 19.8 Å². The summed E-state index contributed by atoms with van der Waals surface area (Å²) in [7, 11) is -1.98. The van der Waals surface area contributed by atoms with Gasteiger partial charge in [0.1, 0.15) is 4.90 Å². The van der Waals surface area contributed by atoms with Gasteiger partial charge in [0.15, 0.2) is 0 Å². The molecule has 0 atom stereocenters. The van der Waals surface area contributed by atoms with Gasteiger partial charge in [-0.1, -0.05) is 20.8 Å². The molecule has 3 aromatic heterocycles. The predicted molar refractivity (Wildman–Crippen MR) is 100 cm³/mol. The van der Waals surface area contributed by atoms with Gasteiger partial charge in [-0.2, -0.15) is 5.10 Å². The van der Waals surface area contributed by atoms with Gasteiger partial charge < -0.3 is 0 Å². The second-order valence-corrected chi connectivity index (χ2v) is 8.74. The summed E-state index contributed by atoms with van der Waals surface area (Å²) in [5.74, 6) is 0. The van der Waals surface area contributed by atoms with Crippen LogP contribution >= 0.6 is 0 Å². The lowest BCUT2D eigenvalue weighted by molar-refractivity contribution is 0.566. The lowest BCUT2D eigenvalue weighted by Crippen LogP contribution is -2.17. The fourth-order valence-corrected chi connectivity index (χ4v) is 3.48. The summed E-state index contributed by atoms with van der Waals surface area (Å²) in [6.07, 6.45) is 7.96. The zero-order valence-corrected chi connectivity index (χ0v) is 15.9. The molecule has 0 radical (unpaired) electrons. The van der Waals surface area contributed by atoms with Gasteiger partial charge in [-0.05, 0) is 18.2 Å². The van der Waals surface area contributed by atoms with Crippen LogP contribution in [0.1, 0.15) is 26.5 Å². The second kappa shape index (κ2) is 6.53. The molecule has 0 aliphatic rings. The zero-order chi connectivity index (χ0) is 18.9. The Bertz CT molecular complexity index is 1020. The number of rotatable bonds is 4. The molecule has 0 spiro atoms. The fourth-order valence-electron chi connectivity index (χ4n) is 2.47. The number of hydrogen-bond donors (Lipinski definition) is 1. The standard InChI is InChI=1S/C18H21N5O2S/c1-18(2,3)17-6-5-14(10-20-17)26(24,25)22-16-11-19-8-7-15(16)13-9-21-23(4)12-13/h5-12,22H,1-4H3. The van der Waals surface area contributed by atoms with E-state index in [1.54, 1.807) is 42.3 Å². The van der Waals surface area contributed by atoms with Crippen LogP contribution in [0.15, 0.2) is 54.1 Å². The first-order valence-corrected chi connectivity index (χ1v) is 9.57. The van der Waals surface area contributed by atoms with Crippen molar-refractivity contribution in [3.05, 3.63) is 54.9 Å². The van der Waals surface area contributed by atoms with Gasteiger partial charge in [0.2, 0.25) is 0 Å². The number of nitrogens with zero attached hydrogens (tertiary/aromatic N) is 4. The first kappa shape index (κ1) is 18.1. The van der Waals surface area contributed by atoms with Crippen molar-refractivity contribution in [1.82, 2.24) is 19.7 Å². The molecule has 0 fully saturated rings. The molecule has 0 saturated heterocycles. The van der Waals surface area contributed by atoms with Crippen LogP contribution in [0.4, 0.5) is 5.69 Å². The van der Waals surface area contributed by atoms with E-state index < -0.39 is 10.0 Å². The highest BCUT2D eigenvalue weighted by Crippen LogP contribution is 2.28. The first-order chi connectivity index (χ1) is 12.2. The molecule has 136 valence electrons. The lowest BCUT2D eigenvalue weighted by Gasteiger charge is -2.18. The van der Waals surface area contributed by atoms with Gasteiger partial charge in [-0.15, -0.1) is 0 Å². The average molecular weight is 371 g/mol. The molecule has 0 aromatic carbocycles. The topological polar surface area (TPSA) is 89.8 Å². The highest BCUT2D eigenvalue weighted by atomic mass is 32.2. The minimum absolute atomic E-state index is 0.103. The van der Waals surface area contributed by atoms with Gasteiger partial charge >= 0.3 is 0 Å². The third-order valence-electron chi connectivity index (χ3n) is 3.90. The molecule has 8 heteroatoms. The van der Waals surface area contributed by atoms with Crippen molar-refractivity contribution < 1.29 is 8.42 Å². The SMILES string of the molecule is Cn1cc(-c2ccncc2NS(=O)(=O)c2ccc(C(C)(C)C)nc2)cn1. The Balaban J connectivity index is 1.93. The van der Waals surface area contributed by atoms with Crippen molar-refractivity contribution in [3.63, 3.8) is 0 Å². The van der Waals surface area contributed by atoms with Crippen LogP contribution in [0.2, 0.25) is 0 Å². The van der Waals surface area contributed by atoms with E-state index in [0.29, 0.717) is 11.3 Å². The van der Waals surface area contributed by atoms with Crippen molar-refractivity contribution in [3.8, 4) is 11.1 Å². The van der Waals surface area contributed by atoms with Crippen molar-refractivity contribution in [2.75, 3.05) is 4.72 Å². The Kier molecular flexibility index (Phi) is 4.53. The molecule has 7 nitrogen and oxygen atoms in total. The number of aryl methyl sites for hydroxylation is 1. The molecule has 3 aromatic rings. The molecular weight excluding hydrogens is 350 g/mol. The summed E-state index contributed by atoms with van der Waals surface area (Å²) in [6, 6.07) is 5.05. The van der Waals surface area contributed by atoms with E-state index >= 15 is 0 Å². The highest BCUT2D eigenvalue weighted by molar-refractivity contribution is 7.92. The number of nitrogens with one attached hydrogen (secondary N) is 1. The smallest absolute Gasteiger partial charge is 0.263 e. The van der Waals surface area contributed by atoms with E-state index in [0.717, 1.165) is 11.3 Å². The molecule has 0 unspecified atom stereocenters. The molecule has 0 saturated carbocycles. The summed E-state index contributed by atoms with van der Waals surface area (Å²) in [4.78, 5) is 8.43. The maximum atomic E-state index is 12.8. The third kappa shape index (κ3) is 3.75. The molecule has 1 N–H and O–H groups in total. The molecule has 0 bridgehead atoms. The normalized spacial score (nSPS) is 12.2. The van der Waals surface area contributed by atoms with Crippen molar-refractivity contribution in [2.24, 2.45) is 7.05 Å². The number of sulfonamides is 1. The van der Waals surface area contributed by atoms with Gasteiger partial charge in [0.05, 0.1) is 18.1 Å². The first-order valence-electron chi connectivity index (χ1n) is 8.09. The summed E-state index contributed by atoms with van der Waals surface area (Å²) in [6.45, 7) is 6.08. The average Bonchev–Trinajstić information content (AvgIpc) is 3.01. The van der Waals surface area contributed by atoms with Gasteiger partial charge in [0.25, 0.3) is 10.0 Å². The Morgan fingerprint density at radius 1 is 1.08 bits per heavy atom. The highest BCUT2D eigenvalue weighted by Gasteiger charge is 2.20.